The Kier molecular flexibility index (Phi) is 43.0. The predicted octanol–water partition coefficient (Wildman–Crippen LogP) is 7.40. The number of carbonyl (C=O) groups is 12. The molecule has 0 saturated carbocycles. The topological polar surface area (TPSA) is 308 Å². The maximum absolute atomic E-state index is 15.3. The van der Waals surface area contributed by atoms with Crippen molar-refractivity contribution in [3.05, 3.63) is 35.4 Å². The van der Waals surface area contributed by atoms with Crippen LogP contribution in [0.2, 0.25) is 0 Å². The Bertz CT molecular complexity index is 2920. The van der Waals surface area contributed by atoms with Crippen molar-refractivity contribution < 1.29 is 62.6 Å². The fourth-order valence-electron chi connectivity index (χ4n) is 12.8. The molecule has 0 fully saturated rings. The third-order valence-electron chi connectivity index (χ3n) is 19.1. The SMILES string of the molecule is CC[C@H](NC(=O)C(C[C@H](C)CCCc1cccc(C(=O)N(C(C)C)C(C)C)c1)N(C)C(=O)CC(C)C)C(=O)N(C)[C@H](CSCCCCO)C(=O)N(C)[C@@H](CC(C)C)C(=O)N[C@H](C(=O)N(C)[C@@H](CC(C)C)C(=O)N[C@H](C)C(=O)NCC(=O)N(C)[C@@H](CC(C)C)C(=O)N(C)[C@@H](CC(C)C)C(=O)NC)C(C)C. The molecule has 1 aromatic carbocycles. The van der Waals surface area contributed by atoms with Crippen LogP contribution in [-0.2, 0) is 59.2 Å². The molecule has 25 nitrogen and oxygen atoms in total. The molecule has 10 atom stereocenters. The minimum Gasteiger partial charge on any atom is -0.396 e. The first-order valence-electron chi connectivity index (χ1n) is 38.0. The molecule has 1 rings (SSSR count). The van der Waals surface area contributed by atoms with Crippen molar-refractivity contribution in [2.75, 3.05) is 74.0 Å². The van der Waals surface area contributed by atoms with Gasteiger partial charge in [0, 0.05) is 85.8 Å². The maximum Gasteiger partial charge on any atom is 0.254 e. The first-order chi connectivity index (χ1) is 48.4. The minimum atomic E-state index is -1.22. The summed E-state index contributed by atoms with van der Waals surface area (Å²) in [5.41, 5.74) is 1.64. The molecule has 0 heterocycles. The number of thioether (sulfide) groups is 1. The van der Waals surface area contributed by atoms with E-state index in [1.54, 1.807) is 27.8 Å². The molecule has 0 spiro atoms. The quantitative estimate of drug-likeness (QED) is 0.0347. The number of carbonyl (C=O) groups excluding carboxylic acids is 12. The summed E-state index contributed by atoms with van der Waals surface area (Å²) in [4.78, 5) is 181. The van der Waals surface area contributed by atoms with E-state index in [0.717, 1.165) is 12.0 Å². The fraction of sp³-hybridized carbons (Fsp3) is 0.769. The summed E-state index contributed by atoms with van der Waals surface area (Å²) in [6, 6.07) is -1.96. The summed E-state index contributed by atoms with van der Waals surface area (Å²) >= 11 is 1.40. The van der Waals surface area contributed by atoms with Crippen molar-refractivity contribution in [1.29, 1.82) is 0 Å². The van der Waals surface area contributed by atoms with Crippen molar-refractivity contribution in [1.82, 2.24) is 60.9 Å². The number of amides is 12. The van der Waals surface area contributed by atoms with Crippen molar-refractivity contribution in [3.63, 3.8) is 0 Å². The van der Waals surface area contributed by atoms with E-state index < -0.39 is 120 Å². The minimum absolute atomic E-state index is 0.00751. The van der Waals surface area contributed by atoms with Crippen LogP contribution in [0, 0.1) is 41.4 Å². The maximum atomic E-state index is 15.3. The molecule has 0 bridgehead atoms. The second kappa shape index (κ2) is 47.0. The van der Waals surface area contributed by atoms with Gasteiger partial charge in [-0.3, -0.25) is 57.5 Å². The summed E-state index contributed by atoms with van der Waals surface area (Å²) in [7, 11) is 10.5. The summed E-state index contributed by atoms with van der Waals surface area (Å²) in [5.74, 6) is -6.12. The van der Waals surface area contributed by atoms with Gasteiger partial charge >= 0.3 is 0 Å². The molecule has 12 amide bonds. The van der Waals surface area contributed by atoms with E-state index >= 15 is 4.79 Å². The van der Waals surface area contributed by atoms with Crippen LogP contribution in [0.3, 0.4) is 0 Å². The van der Waals surface area contributed by atoms with Crippen LogP contribution in [0.25, 0.3) is 0 Å². The molecular formula is C78H138N12O13S. The van der Waals surface area contributed by atoms with Gasteiger partial charge in [-0.05, 0) is 164 Å². The van der Waals surface area contributed by atoms with E-state index in [4.69, 9.17) is 0 Å². The van der Waals surface area contributed by atoms with E-state index in [1.165, 1.54) is 90.4 Å². The van der Waals surface area contributed by atoms with Crippen LogP contribution in [0.4, 0.5) is 0 Å². The van der Waals surface area contributed by atoms with Gasteiger partial charge in [0.1, 0.15) is 54.4 Å². The second-order valence-electron chi connectivity index (χ2n) is 31.6. The average Bonchev–Trinajstić information content (AvgIpc) is 0.825. The Morgan fingerprint density at radius 3 is 1.42 bits per heavy atom. The third kappa shape index (κ3) is 30.9. The van der Waals surface area contributed by atoms with Gasteiger partial charge in [0.05, 0.1) is 6.54 Å². The molecule has 0 aliphatic rings. The Hall–Kier alpha value is -6.83. The highest BCUT2D eigenvalue weighted by Crippen LogP contribution is 2.25. The van der Waals surface area contributed by atoms with Gasteiger partial charge in [-0.15, -0.1) is 0 Å². The highest BCUT2D eigenvalue weighted by molar-refractivity contribution is 7.99. The summed E-state index contributed by atoms with van der Waals surface area (Å²) < 4.78 is 0. The molecule has 0 saturated heterocycles. The number of aryl methyl sites for hydroxylation is 1. The smallest absolute Gasteiger partial charge is 0.254 e. The van der Waals surface area contributed by atoms with Crippen LogP contribution in [-0.4, -0.2) is 251 Å². The normalized spacial score (nSPS) is 14.6. The molecule has 1 aromatic rings. The fourth-order valence-corrected chi connectivity index (χ4v) is 14.0. The molecule has 1 unspecified atom stereocenters. The third-order valence-corrected chi connectivity index (χ3v) is 20.2. The lowest BCUT2D eigenvalue weighted by atomic mass is 9.93. The zero-order valence-electron chi connectivity index (χ0n) is 68.4. The summed E-state index contributed by atoms with van der Waals surface area (Å²) in [6.45, 7) is 35.2. The number of aliphatic hydroxyl groups is 1. The Balaban J connectivity index is 3.58. The Labute approximate surface area is 629 Å². The monoisotopic (exact) mass is 1480 g/mol. The molecule has 26 heteroatoms. The van der Waals surface area contributed by atoms with Crippen LogP contribution in [0.15, 0.2) is 24.3 Å². The molecule has 0 aliphatic carbocycles. The molecule has 0 radical (unpaired) electrons. The number of aliphatic hydroxyl groups excluding tert-OH is 1. The lowest BCUT2D eigenvalue weighted by Gasteiger charge is -2.38. The van der Waals surface area contributed by atoms with Crippen LogP contribution < -0.4 is 26.6 Å². The van der Waals surface area contributed by atoms with Crippen molar-refractivity contribution in [3.8, 4) is 0 Å². The zero-order valence-corrected chi connectivity index (χ0v) is 69.2. The summed E-state index contributed by atoms with van der Waals surface area (Å²) in [5, 5.41) is 23.4. The molecular weight excluding hydrogens is 1340 g/mol. The molecule has 6 N–H and O–H groups in total. The van der Waals surface area contributed by atoms with E-state index in [1.807, 2.05) is 133 Å². The van der Waals surface area contributed by atoms with E-state index in [0.29, 0.717) is 49.8 Å². The number of nitrogens with one attached hydrogen (secondary N) is 5. The Morgan fingerprint density at radius 2 is 0.942 bits per heavy atom. The van der Waals surface area contributed by atoms with Crippen molar-refractivity contribution in [2.45, 2.75) is 275 Å². The first-order valence-corrected chi connectivity index (χ1v) is 39.2. The number of unbranched alkanes of at least 4 members (excludes halogenated alkanes) is 1. The molecule has 0 aliphatic heterocycles. The lowest BCUT2D eigenvalue weighted by molar-refractivity contribution is -0.149. The second-order valence-corrected chi connectivity index (χ2v) is 32.8. The predicted molar refractivity (Wildman–Crippen MR) is 414 cm³/mol. The summed E-state index contributed by atoms with van der Waals surface area (Å²) in [6.07, 6.45) is 4.87. The average molecular weight is 1480 g/mol. The van der Waals surface area contributed by atoms with Gasteiger partial charge in [-0.1, -0.05) is 115 Å². The van der Waals surface area contributed by atoms with Gasteiger partial charge < -0.3 is 66.0 Å². The number of hydrogen-bond acceptors (Lipinski definition) is 14. The molecule has 594 valence electrons. The van der Waals surface area contributed by atoms with E-state index in [9.17, 15) is 57.8 Å². The van der Waals surface area contributed by atoms with Crippen molar-refractivity contribution >= 4 is 82.6 Å². The number of likely N-dealkylation sites (N-methyl/N-ethyl adjacent to an activating group) is 7. The molecule has 0 aromatic heterocycles. The van der Waals surface area contributed by atoms with Crippen LogP contribution in [0.5, 0.6) is 0 Å². The Morgan fingerprint density at radius 1 is 0.481 bits per heavy atom. The molecule has 104 heavy (non-hydrogen) atoms. The number of benzene rings is 1. The van der Waals surface area contributed by atoms with Gasteiger partial charge in [-0.25, -0.2) is 0 Å². The highest BCUT2D eigenvalue weighted by atomic mass is 32.2. The standard InChI is InChI=1S/C78H138N12O13S/c1-27-59(82-72(97)63(84(21)66(92)42-51(10)11)43-55(18)32-30-33-57-34-31-35-58(44-57)74(99)90(53(14)15)54(16)17)75(100)89(26)65(46-104-37-29-28-36-91)77(102)87(24)62(40-49(6)7)73(98)83-68(52(12)13)78(103)88(25)61(39-48(4)5)71(96)81-56(19)69(94)80-45-67(93)85(22)64(41-50(8)9)76(101)86(23)60(38-47(2)3)70(95)79-20/h31,34-35,44,47-56,59-65,68,91H,27-30,32-33,36-43,45-46H2,1-26H3,(H,79,95)(H,80,94)(H,81,96)(H,82,97)(H,83,98)/t55-,56-,59+,60+,61+,62+,63?,64+,65-,68+/m1/s1. The van der Waals surface area contributed by atoms with Crippen LogP contribution in [0.1, 0.15) is 218 Å². The largest absolute Gasteiger partial charge is 0.396 e. The van der Waals surface area contributed by atoms with Gasteiger partial charge in [0.25, 0.3) is 5.91 Å². The van der Waals surface area contributed by atoms with Crippen molar-refractivity contribution in [2.24, 2.45) is 41.4 Å². The zero-order chi connectivity index (χ0) is 79.9. The number of rotatable bonds is 47. The van der Waals surface area contributed by atoms with Crippen LogP contribution >= 0.6 is 11.8 Å². The lowest BCUT2D eigenvalue weighted by Crippen LogP contribution is -2.61. The number of hydrogen-bond donors (Lipinski definition) is 6. The van der Waals surface area contributed by atoms with E-state index in [2.05, 4.69) is 26.6 Å². The first kappa shape index (κ1) is 95.2. The number of nitrogens with zero attached hydrogens (tertiary/aromatic N) is 7. The van der Waals surface area contributed by atoms with Gasteiger partial charge in [-0.2, -0.15) is 11.8 Å². The van der Waals surface area contributed by atoms with Gasteiger partial charge in [0.2, 0.25) is 65.0 Å². The van der Waals surface area contributed by atoms with E-state index in [-0.39, 0.29) is 110 Å². The van der Waals surface area contributed by atoms with Gasteiger partial charge in [0.15, 0.2) is 0 Å². The highest BCUT2D eigenvalue weighted by Gasteiger charge is 2.42.